The highest BCUT2D eigenvalue weighted by atomic mass is 16.2. The number of amides is 2. The number of hydrogen-bond donors (Lipinski definition) is 1. The van der Waals surface area contributed by atoms with E-state index in [1.54, 1.807) is 23.4 Å². The van der Waals surface area contributed by atoms with Crippen molar-refractivity contribution in [1.82, 2.24) is 19.7 Å². The van der Waals surface area contributed by atoms with Crippen molar-refractivity contribution in [3.05, 3.63) is 60.3 Å². The Morgan fingerprint density at radius 2 is 2.04 bits per heavy atom. The number of rotatable bonds is 4. The highest BCUT2D eigenvalue weighted by Gasteiger charge is 2.37. The molecule has 0 spiro atoms. The monoisotopic (exact) mass is 376 g/mol. The van der Waals surface area contributed by atoms with Crippen molar-refractivity contribution in [2.45, 2.75) is 20.3 Å². The summed E-state index contributed by atoms with van der Waals surface area (Å²) in [5, 5.41) is 6.79. The van der Waals surface area contributed by atoms with Gasteiger partial charge in [0.25, 0.3) is 0 Å². The number of aryl methyl sites for hydroxylation is 2. The van der Waals surface area contributed by atoms with Gasteiger partial charge in [-0.2, -0.15) is 5.10 Å². The first kappa shape index (κ1) is 17.8. The Kier molecular flexibility index (Phi) is 4.60. The van der Waals surface area contributed by atoms with E-state index in [9.17, 15) is 9.59 Å². The summed E-state index contributed by atoms with van der Waals surface area (Å²) in [6.45, 7) is 4.58. The molecule has 1 unspecified atom stereocenters. The Hall–Kier alpha value is -3.55. The molecule has 28 heavy (non-hydrogen) atoms. The summed E-state index contributed by atoms with van der Waals surface area (Å²) in [6.07, 6.45) is 4.99. The standard InChI is InChI=1S/C20H20N6O2/c1-13-3-5-16(9-14(13)2)25-8-7-17(20(25)28)19(27)24-15-4-6-18(22-10-15)26-12-21-11-23-26/h3-6,9-12,17H,7-8H2,1-2H3,(H,24,27). The molecule has 1 aliphatic heterocycles. The molecule has 3 heterocycles. The summed E-state index contributed by atoms with van der Waals surface area (Å²) in [5.41, 5.74) is 3.66. The van der Waals surface area contributed by atoms with Crippen molar-refractivity contribution in [2.75, 3.05) is 16.8 Å². The van der Waals surface area contributed by atoms with E-state index < -0.39 is 5.92 Å². The number of benzene rings is 1. The van der Waals surface area contributed by atoms with Crippen molar-refractivity contribution >= 4 is 23.2 Å². The summed E-state index contributed by atoms with van der Waals surface area (Å²) in [6, 6.07) is 9.35. The quantitative estimate of drug-likeness (QED) is 0.705. The van der Waals surface area contributed by atoms with E-state index in [4.69, 9.17) is 0 Å². The van der Waals surface area contributed by atoms with Gasteiger partial charge in [0.1, 0.15) is 18.6 Å². The van der Waals surface area contributed by atoms with Gasteiger partial charge in [0.15, 0.2) is 5.82 Å². The van der Waals surface area contributed by atoms with Crippen LogP contribution in [0, 0.1) is 19.8 Å². The molecule has 1 saturated heterocycles. The highest BCUT2D eigenvalue weighted by molar-refractivity contribution is 6.13. The summed E-state index contributed by atoms with van der Waals surface area (Å²) >= 11 is 0. The van der Waals surface area contributed by atoms with Crippen molar-refractivity contribution in [3.63, 3.8) is 0 Å². The fourth-order valence-electron chi connectivity index (χ4n) is 3.22. The first-order valence-electron chi connectivity index (χ1n) is 9.03. The van der Waals surface area contributed by atoms with Gasteiger partial charge in [-0.3, -0.25) is 9.59 Å². The third-order valence-electron chi connectivity index (χ3n) is 4.99. The lowest BCUT2D eigenvalue weighted by Crippen LogP contribution is -2.33. The molecule has 1 fully saturated rings. The molecule has 142 valence electrons. The van der Waals surface area contributed by atoms with Crippen molar-refractivity contribution < 1.29 is 9.59 Å². The molecule has 0 saturated carbocycles. The largest absolute Gasteiger partial charge is 0.324 e. The Labute approximate surface area is 162 Å². The number of pyridine rings is 1. The smallest absolute Gasteiger partial charge is 0.239 e. The van der Waals surface area contributed by atoms with Crippen LogP contribution < -0.4 is 10.2 Å². The van der Waals surface area contributed by atoms with Crippen molar-refractivity contribution in [3.8, 4) is 5.82 Å². The van der Waals surface area contributed by atoms with Gasteiger partial charge in [-0.05, 0) is 55.7 Å². The third kappa shape index (κ3) is 3.36. The zero-order valence-corrected chi connectivity index (χ0v) is 15.7. The fraction of sp³-hybridized carbons (Fsp3) is 0.250. The minimum atomic E-state index is -0.698. The summed E-state index contributed by atoms with van der Waals surface area (Å²) in [5.74, 6) is -0.593. The lowest BCUT2D eigenvalue weighted by atomic mass is 10.1. The lowest BCUT2D eigenvalue weighted by molar-refractivity contribution is -0.129. The van der Waals surface area contributed by atoms with Gasteiger partial charge in [-0.25, -0.2) is 14.6 Å². The van der Waals surface area contributed by atoms with E-state index in [1.165, 1.54) is 22.8 Å². The SMILES string of the molecule is Cc1ccc(N2CCC(C(=O)Nc3ccc(-n4cncn4)nc3)C2=O)cc1C. The second-order valence-electron chi connectivity index (χ2n) is 6.83. The van der Waals surface area contributed by atoms with Gasteiger partial charge < -0.3 is 10.2 Å². The van der Waals surface area contributed by atoms with E-state index in [2.05, 4.69) is 20.4 Å². The fourth-order valence-corrected chi connectivity index (χ4v) is 3.22. The Morgan fingerprint density at radius 3 is 2.71 bits per heavy atom. The normalized spacial score (nSPS) is 16.4. The van der Waals surface area contributed by atoms with Gasteiger partial charge >= 0.3 is 0 Å². The average molecular weight is 376 g/mol. The van der Waals surface area contributed by atoms with E-state index in [0.29, 0.717) is 24.5 Å². The van der Waals surface area contributed by atoms with E-state index >= 15 is 0 Å². The number of hydrogen-bond acceptors (Lipinski definition) is 5. The van der Waals surface area contributed by atoms with Crippen LogP contribution in [0.2, 0.25) is 0 Å². The maximum Gasteiger partial charge on any atom is 0.239 e. The molecule has 8 nitrogen and oxygen atoms in total. The third-order valence-corrected chi connectivity index (χ3v) is 4.99. The molecule has 3 aromatic rings. The maximum atomic E-state index is 12.8. The molecular formula is C20H20N6O2. The molecule has 8 heteroatoms. The van der Waals surface area contributed by atoms with Crippen LogP contribution in [0.25, 0.3) is 5.82 Å². The molecule has 0 aliphatic carbocycles. The molecule has 2 amide bonds. The van der Waals surface area contributed by atoms with Gasteiger partial charge in [0.2, 0.25) is 11.8 Å². The second-order valence-corrected chi connectivity index (χ2v) is 6.83. The van der Waals surface area contributed by atoms with E-state index in [-0.39, 0.29) is 11.8 Å². The molecule has 1 aliphatic rings. The zero-order valence-electron chi connectivity index (χ0n) is 15.7. The predicted octanol–water partition coefficient (Wildman–Crippen LogP) is 2.27. The molecule has 1 atom stereocenters. The molecule has 0 radical (unpaired) electrons. The van der Waals surface area contributed by atoms with Gasteiger partial charge in [0, 0.05) is 12.2 Å². The van der Waals surface area contributed by atoms with Gasteiger partial charge in [0.05, 0.1) is 11.9 Å². The Balaban J connectivity index is 1.44. The van der Waals surface area contributed by atoms with Crippen LogP contribution in [0.1, 0.15) is 17.5 Å². The number of nitrogens with zero attached hydrogens (tertiary/aromatic N) is 5. The molecule has 1 aromatic carbocycles. The summed E-state index contributed by atoms with van der Waals surface area (Å²) in [4.78, 5) is 35.2. The van der Waals surface area contributed by atoms with Crippen LogP contribution in [0.3, 0.4) is 0 Å². The molecule has 2 aromatic heterocycles. The first-order valence-corrected chi connectivity index (χ1v) is 9.03. The van der Waals surface area contributed by atoms with Crippen LogP contribution in [0.15, 0.2) is 49.2 Å². The topological polar surface area (TPSA) is 93.0 Å². The number of aromatic nitrogens is 4. The predicted molar refractivity (Wildman–Crippen MR) is 104 cm³/mol. The van der Waals surface area contributed by atoms with Crippen molar-refractivity contribution in [1.29, 1.82) is 0 Å². The van der Waals surface area contributed by atoms with Crippen LogP contribution in [-0.2, 0) is 9.59 Å². The second kappa shape index (κ2) is 7.22. The number of anilines is 2. The van der Waals surface area contributed by atoms with Crippen LogP contribution in [-0.4, -0.2) is 38.1 Å². The Bertz CT molecular complexity index is 1010. The molecular weight excluding hydrogens is 356 g/mol. The minimum Gasteiger partial charge on any atom is -0.324 e. The first-order chi connectivity index (χ1) is 13.5. The number of nitrogens with one attached hydrogen (secondary N) is 1. The number of carbonyl (C=O) groups is 2. The minimum absolute atomic E-state index is 0.173. The summed E-state index contributed by atoms with van der Waals surface area (Å²) in [7, 11) is 0. The van der Waals surface area contributed by atoms with Gasteiger partial charge in [-0.1, -0.05) is 6.07 Å². The van der Waals surface area contributed by atoms with Gasteiger partial charge in [-0.15, -0.1) is 0 Å². The molecule has 1 N–H and O–H groups in total. The molecule has 0 bridgehead atoms. The van der Waals surface area contributed by atoms with Crippen molar-refractivity contribution in [2.24, 2.45) is 5.92 Å². The molecule has 4 rings (SSSR count). The number of carbonyl (C=O) groups excluding carboxylic acids is 2. The van der Waals surface area contributed by atoms with Crippen LogP contribution >= 0.6 is 0 Å². The van der Waals surface area contributed by atoms with E-state index in [1.807, 2.05) is 32.0 Å². The van der Waals surface area contributed by atoms with E-state index in [0.717, 1.165) is 11.3 Å². The lowest BCUT2D eigenvalue weighted by Gasteiger charge is -2.18. The van der Waals surface area contributed by atoms with Crippen LogP contribution in [0.5, 0.6) is 0 Å². The maximum absolute atomic E-state index is 12.8. The Morgan fingerprint density at radius 1 is 1.18 bits per heavy atom. The van der Waals surface area contributed by atoms with Crippen LogP contribution in [0.4, 0.5) is 11.4 Å². The zero-order chi connectivity index (χ0) is 19.7. The summed E-state index contributed by atoms with van der Waals surface area (Å²) < 4.78 is 1.52. The average Bonchev–Trinajstić information content (AvgIpc) is 3.35. The highest BCUT2D eigenvalue weighted by Crippen LogP contribution is 2.27.